The number of amides is 2. The van der Waals surface area contributed by atoms with Gasteiger partial charge in [-0.05, 0) is 42.8 Å². The molecule has 0 saturated carbocycles. The second-order valence-corrected chi connectivity index (χ2v) is 10.5. The summed E-state index contributed by atoms with van der Waals surface area (Å²) in [6, 6.07) is 9.78. The molecule has 0 unspecified atom stereocenters. The molecule has 29 heavy (non-hydrogen) atoms. The maximum Gasteiger partial charge on any atom is 0.228 e. The molecule has 0 aromatic heterocycles. The largest absolute Gasteiger partial charge is 0.326 e. The van der Waals surface area contributed by atoms with Gasteiger partial charge in [-0.1, -0.05) is 24.6 Å². The van der Waals surface area contributed by atoms with Crippen LogP contribution >= 0.6 is 23.4 Å². The van der Waals surface area contributed by atoms with Gasteiger partial charge >= 0.3 is 0 Å². The van der Waals surface area contributed by atoms with E-state index in [1.807, 2.05) is 13.8 Å². The van der Waals surface area contributed by atoms with Gasteiger partial charge in [0.15, 0.2) is 9.84 Å². The predicted molar refractivity (Wildman–Crippen MR) is 116 cm³/mol. The molecule has 1 aliphatic rings. The van der Waals surface area contributed by atoms with E-state index in [0.717, 1.165) is 10.5 Å². The average molecular weight is 453 g/mol. The molecule has 0 spiro atoms. The summed E-state index contributed by atoms with van der Waals surface area (Å²) in [5.41, 5.74) is 1.89. The van der Waals surface area contributed by atoms with Gasteiger partial charge in [0.25, 0.3) is 0 Å². The SMILES string of the molecule is Cc1ccc(NC(=O)CCS(=O)(=O)c2ccc3c(c2)NC(=O)[C@@H](C)CS3)cc1Cl. The number of carbonyl (C=O) groups excluding carboxylic acids is 2. The minimum absolute atomic E-state index is 0.0814. The first kappa shape index (κ1) is 21.7. The van der Waals surface area contributed by atoms with Crippen molar-refractivity contribution >= 4 is 56.4 Å². The zero-order chi connectivity index (χ0) is 21.2. The van der Waals surface area contributed by atoms with Crippen LogP contribution in [0.2, 0.25) is 5.02 Å². The molecule has 3 rings (SSSR count). The molecule has 154 valence electrons. The molecule has 6 nitrogen and oxygen atoms in total. The van der Waals surface area contributed by atoms with Crippen LogP contribution in [0, 0.1) is 12.8 Å². The van der Waals surface area contributed by atoms with Crippen molar-refractivity contribution in [2.24, 2.45) is 5.92 Å². The van der Waals surface area contributed by atoms with E-state index in [1.165, 1.54) is 23.9 Å². The molecule has 0 fully saturated rings. The first-order valence-corrected chi connectivity index (χ1v) is 12.0. The Kier molecular flexibility index (Phi) is 6.55. The molecule has 0 aliphatic carbocycles. The third kappa shape index (κ3) is 5.32. The third-order valence-electron chi connectivity index (χ3n) is 4.56. The maximum absolute atomic E-state index is 12.7. The van der Waals surface area contributed by atoms with E-state index in [4.69, 9.17) is 11.6 Å². The highest BCUT2D eigenvalue weighted by Crippen LogP contribution is 2.34. The van der Waals surface area contributed by atoms with Crippen LogP contribution < -0.4 is 10.6 Å². The van der Waals surface area contributed by atoms with E-state index in [0.29, 0.717) is 22.2 Å². The lowest BCUT2D eigenvalue weighted by Gasteiger charge is -2.11. The van der Waals surface area contributed by atoms with Crippen LogP contribution in [0.15, 0.2) is 46.2 Å². The Bertz CT molecular complexity index is 1070. The smallest absolute Gasteiger partial charge is 0.228 e. The Morgan fingerprint density at radius 2 is 2.03 bits per heavy atom. The van der Waals surface area contributed by atoms with E-state index in [9.17, 15) is 18.0 Å². The minimum atomic E-state index is -3.69. The predicted octanol–water partition coefficient (Wildman–Crippen LogP) is 4.13. The number of nitrogens with one attached hydrogen (secondary N) is 2. The fourth-order valence-electron chi connectivity index (χ4n) is 2.71. The number of hydrogen-bond acceptors (Lipinski definition) is 5. The van der Waals surface area contributed by atoms with E-state index in [2.05, 4.69) is 10.6 Å². The minimum Gasteiger partial charge on any atom is -0.326 e. The number of rotatable bonds is 5. The number of anilines is 2. The highest BCUT2D eigenvalue weighted by atomic mass is 35.5. The summed E-state index contributed by atoms with van der Waals surface area (Å²) in [6.07, 6.45) is -0.191. The summed E-state index contributed by atoms with van der Waals surface area (Å²) in [6.45, 7) is 3.67. The van der Waals surface area contributed by atoms with Crippen molar-refractivity contribution < 1.29 is 18.0 Å². The zero-order valence-corrected chi connectivity index (χ0v) is 18.4. The molecular weight excluding hydrogens is 432 g/mol. The lowest BCUT2D eigenvalue weighted by atomic mass is 10.2. The highest BCUT2D eigenvalue weighted by Gasteiger charge is 2.23. The van der Waals surface area contributed by atoms with Crippen molar-refractivity contribution in [3.63, 3.8) is 0 Å². The van der Waals surface area contributed by atoms with Gasteiger partial charge in [-0.25, -0.2) is 8.42 Å². The van der Waals surface area contributed by atoms with E-state index in [-0.39, 0.29) is 28.9 Å². The maximum atomic E-state index is 12.7. The van der Waals surface area contributed by atoms with Crippen molar-refractivity contribution in [2.45, 2.75) is 30.1 Å². The number of benzene rings is 2. The van der Waals surface area contributed by atoms with Crippen molar-refractivity contribution in [1.29, 1.82) is 0 Å². The number of fused-ring (bicyclic) bond motifs is 1. The van der Waals surface area contributed by atoms with Gasteiger partial charge in [-0.3, -0.25) is 9.59 Å². The Morgan fingerprint density at radius 3 is 2.76 bits per heavy atom. The van der Waals surface area contributed by atoms with Crippen LogP contribution in [-0.2, 0) is 19.4 Å². The monoisotopic (exact) mass is 452 g/mol. The van der Waals surface area contributed by atoms with Crippen molar-refractivity contribution in [2.75, 3.05) is 22.1 Å². The molecule has 2 amide bonds. The topological polar surface area (TPSA) is 92.3 Å². The third-order valence-corrected chi connectivity index (χ3v) is 8.01. The first-order chi connectivity index (χ1) is 13.7. The molecule has 0 radical (unpaired) electrons. The average Bonchev–Trinajstić information content (AvgIpc) is 2.81. The summed E-state index contributed by atoms with van der Waals surface area (Å²) in [5, 5.41) is 5.95. The van der Waals surface area contributed by atoms with Gasteiger partial charge in [0.2, 0.25) is 11.8 Å². The van der Waals surface area contributed by atoms with Gasteiger partial charge < -0.3 is 10.6 Å². The van der Waals surface area contributed by atoms with Gasteiger partial charge in [0, 0.05) is 33.7 Å². The number of carbonyl (C=O) groups is 2. The molecular formula is C20H21ClN2O4S2. The van der Waals surface area contributed by atoms with Crippen LogP contribution in [0.4, 0.5) is 11.4 Å². The number of sulfone groups is 1. The molecule has 2 aromatic rings. The summed E-state index contributed by atoms with van der Waals surface area (Å²) in [5.74, 6) is -0.419. The Hall–Kier alpha value is -2.03. The van der Waals surface area contributed by atoms with E-state index >= 15 is 0 Å². The summed E-state index contributed by atoms with van der Waals surface area (Å²) >= 11 is 7.55. The Labute approximate surface area is 179 Å². The molecule has 9 heteroatoms. The van der Waals surface area contributed by atoms with Gasteiger partial charge in [-0.2, -0.15) is 0 Å². The van der Waals surface area contributed by atoms with Crippen LogP contribution in [0.5, 0.6) is 0 Å². The van der Waals surface area contributed by atoms with Gasteiger partial charge in [-0.15, -0.1) is 11.8 Å². The Balaban J connectivity index is 1.68. The normalized spacial score (nSPS) is 16.5. The van der Waals surface area contributed by atoms with Crippen LogP contribution in [-0.4, -0.2) is 31.7 Å². The molecule has 0 saturated heterocycles. The molecule has 1 heterocycles. The second kappa shape index (κ2) is 8.77. The number of thioether (sulfide) groups is 1. The number of halogens is 1. The van der Waals surface area contributed by atoms with Crippen molar-refractivity contribution in [1.82, 2.24) is 0 Å². The number of aryl methyl sites for hydroxylation is 1. The Morgan fingerprint density at radius 1 is 1.28 bits per heavy atom. The zero-order valence-electron chi connectivity index (χ0n) is 16.0. The fourth-order valence-corrected chi connectivity index (χ4v) is 5.17. The molecule has 1 atom stereocenters. The van der Waals surface area contributed by atoms with Crippen molar-refractivity contribution in [3.05, 3.63) is 47.0 Å². The van der Waals surface area contributed by atoms with Crippen molar-refractivity contribution in [3.8, 4) is 0 Å². The fraction of sp³-hybridized carbons (Fsp3) is 0.300. The highest BCUT2D eigenvalue weighted by molar-refractivity contribution is 7.99. The van der Waals surface area contributed by atoms with E-state index in [1.54, 1.807) is 24.3 Å². The second-order valence-electron chi connectivity index (χ2n) is 6.94. The summed E-state index contributed by atoms with van der Waals surface area (Å²) in [4.78, 5) is 25.1. The molecule has 0 bridgehead atoms. The molecule has 2 aromatic carbocycles. The van der Waals surface area contributed by atoms with Crippen LogP contribution in [0.1, 0.15) is 18.9 Å². The standard InChI is InChI=1S/C20H21ClN2O4S2/c1-12-3-4-14(9-16(12)21)22-19(24)7-8-29(26,27)15-5-6-18-17(10-15)23-20(25)13(2)11-28-18/h3-6,9-10,13H,7-8,11H2,1-2H3,(H,22,24)(H,23,25)/t13-/m0/s1. The lowest BCUT2D eigenvalue weighted by molar-refractivity contribution is -0.118. The lowest BCUT2D eigenvalue weighted by Crippen LogP contribution is -2.20. The molecule has 1 aliphatic heterocycles. The summed E-state index contributed by atoms with van der Waals surface area (Å²) < 4.78 is 25.4. The van der Waals surface area contributed by atoms with E-state index < -0.39 is 15.7 Å². The molecule has 2 N–H and O–H groups in total. The van der Waals surface area contributed by atoms with Crippen LogP contribution in [0.25, 0.3) is 0 Å². The van der Waals surface area contributed by atoms with Gasteiger partial charge in [0.05, 0.1) is 16.3 Å². The van der Waals surface area contributed by atoms with Gasteiger partial charge in [0.1, 0.15) is 0 Å². The van der Waals surface area contributed by atoms with Crippen LogP contribution in [0.3, 0.4) is 0 Å². The quantitative estimate of drug-likeness (QED) is 0.711. The number of hydrogen-bond donors (Lipinski definition) is 2. The first-order valence-electron chi connectivity index (χ1n) is 9.02. The summed E-state index contributed by atoms with van der Waals surface area (Å²) in [7, 11) is -3.69.